The summed E-state index contributed by atoms with van der Waals surface area (Å²) in [4.78, 5) is 0. The maximum absolute atomic E-state index is 9.84. The number of piperidine rings is 1. The first-order valence-corrected chi connectivity index (χ1v) is 5.41. The molecule has 0 aromatic carbocycles. The fourth-order valence-corrected chi connectivity index (χ4v) is 2.53. The van der Waals surface area contributed by atoms with Crippen LogP contribution in [0.1, 0.15) is 46.5 Å². The summed E-state index contributed by atoms with van der Waals surface area (Å²) >= 11 is 0. The minimum Gasteiger partial charge on any atom is -0.390 e. The SMILES string of the molecule is CC[C@@]1(CC(C)(C)O)CCCNC1. The first-order valence-electron chi connectivity index (χ1n) is 5.41. The van der Waals surface area contributed by atoms with E-state index in [1.165, 1.54) is 19.3 Å². The molecule has 0 radical (unpaired) electrons. The second-order valence-electron chi connectivity index (χ2n) is 5.12. The van der Waals surface area contributed by atoms with Crippen LogP contribution in [0.15, 0.2) is 0 Å². The van der Waals surface area contributed by atoms with Gasteiger partial charge in [0.05, 0.1) is 5.60 Å². The Hall–Kier alpha value is -0.0800. The van der Waals surface area contributed by atoms with Gasteiger partial charge >= 0.3 is 0 Å². The van der Waals surface area contributed by atoms with Gasteiger partial charge in [-0.25, -0.2) is 0 Å². The van der Waals surface area contributed by atoms with E-state index >= 15 is 0 Å². The largest absolute Gasteiger partial charge is 0.390 e. The Morgan fingerprint density at radius 3 is 2.54 bits per heavy atom. The summed E-state index contributed by atoms with van der Waals surface area (Å²) in [7, 11) is 0. The van der Waals surface area contributed by atoms with Gasteiger partial charge < -0.3 is 10.4 Å². The molecule has 0 aromatic heterocycles. The lowest BCUT2D eigenvalue weighted by atomic mass is 9.71. The molecule has 0 bridgehead atoms. The van der Waals surface area contributed by atoms with Gasteiger partial charge in [-0.1, -0.05) is 6.92 Å². The van der Waals surface area contributed by atoms with Gasteiger partial charge in [-0.2, -0.15) is 0 Å². The van der Waals surface area contributed by atoms with Crippen molar-refractivity contribution in [2.75, 3.05) is 13.1 Å². The van der Waals surface area contributed by atoms with Crippen LogP contribution in [0.3, 0.4) is 0 Å². The van der Waals surface area contributed by atoms with E-state index in [1.54, 1.807) is 0 Å². The highest BCUT2D eigenvalue weighted by molar-refractivity contribution is 4.89. The van der Waals surface area contributed by atoms with Crippen LogP contribution in [-0.2, 0) is 0 Å². The Balaban J connectivity index is 2.57. The van der Waals surface area contributed by atoms with E-state index in [1.807, 2.05) is 13.8 Å². The first-order chi connectivity index (χ1) is 5.97. The van der Waals surface area contributed by atoms with E-state index in [9.17, 15) is 5.11 Å². The van der Waals surface area contributed by atoms with Crippen molar-refractivity contribution in [1.29, 1.82) is 0 Å². The molecule has 0 unspecified atom stereocenters. The van der Waals surface area contributed by atoms with E-state index in [0.717, 1.165) is 19.5 Å². The van der Waals surface area contributed by atoms with Crippen LogP contribution in [0.25, 0.3) is 0 Å². The molecule has 13 heavy (non-hydrogen) atoms. The fourth-order valence-electron chi connectivity index (χ4n) is 2.53. The molecule has 1 atom stereocenters. The van der Waals surface area contributed by atoms with Crippen LogP contribution in [0, 0.1) is 5.41 Å². The highest BCUT2D eigenvalue weighted by Gasteiger charge is 2.34. The molecule has 78 valence electrons. The summed E-state index contributed by atoms with van der Waals surface area (Å²) in [6.45, 7) is 8.29. The lowest BCUT2D eigenvalue weighted by molar-refractivity contribution is 0.00906. The van der Waals surface area contributed by atoms with Crippen LogP contribution in [0.2, 0.25) is 0 Å². The van der Waals surface area contributed by atoms with Gasteiger partial charge in [0.15, 0.2) is 0 Å². The summed E-state index contributed by atoms with van der Waals surface area (Å²) in [6, 6.07) is 0. The molecule has 1 aliphatic rings. The Morgan fingerprint density at radius 1 is 1.46 bits per heavy atom. The molecule has 1 aliphatic heterocycles. The lowest BCUT2D eigenvalue weighted by Crippen LogP contribution is -2.43. The van der Waals surface area contributed by atoms with Gasteiger partial charge in [-0.15, -0.1) is 0 Å². The molecule has 0 aliphatic carbocycles. The van der Waals surface area contributed by atoms with Gasteiger partial charge in [0.25, 0.3) is 0 Å². The summed E-state index contributed by atoms with van der Waals surface area (Å²) in [5.41, 5.74) is -0.175. The van der Waals surface area contributed by atoms with Crippen molar-refractivity contribution >= 4 is 0 Å². The molecule has 0 aromatic rings. The van der Waals surface area contributed by atoms with E-state index < -0.39 is 5.60 Å². The monoisotopic (exact) mass is 185 g/mol. The van der Waals surface area contributed by atoms with Crippen LogP contribution < -0.4 is 5.32 Å². The molecule has 0 amide bonds. The molecule has 1 heterocycles. The fraction of sp³-hybridized carbons (Fsp3) is 1.00. The first kappa shape index (κ1) is 11.0. The van der Waals surface area contributed by atoms with E-state index in [4.69, 9.17) is 0 Å². The summed E-state index contributed by atoms with van der Waals surface area (Å²) in [5.74, 6) is 0. The number of hydrogen-bond acceptors (Lipinski definition) is 2. The topological polar surface area (TPSA) is 32.3 Å². The van der Waals surface area contributed by atoms with Crippen LogP contribution >= 0.6 is 0 Å². The zero-order chi connectivity index (χ0) is 9.95. The standard InChI is InChI=1S/C11H23NO/c1-4-11(8-10(2,3)13)6-5-7-12-9-11/h12-13H,4-9H2,1-3H3/t11-/m0/s1. The third kappa shape index (κ3) is 3.28. The van der Waals surface area contributed by atoms with E-state index in [-0.39, 0.29) is 0 Å². The quantitative estimate of drug-likeness (QED) is 0.704. The molecule has 0 saturated carbocycles. The van der Waals surface area contributed by atoms with Crippen LogP contribution in [-0.4, -0.2) is 23.8 Å². The molecule has 1 saturated heterocycles. The molecule has 2 heteroatoms. The van der Waals surface area contributed by atoms with Crippen LogP contribution in [0.5, 0.6) is 0 Å². The Labute approximate surface area is 81.7 Å². The van der Waals surface area contributed by atoms with Crippen molar-refractivity contribution < 1.29 is 5.11 Å². The second-order valence-corrected chi connectivity index (χ2v) is 5.12. The minimum atomic E-state index is -0.519. The number of hydrogen-bond donors (Lipinski definition) is 2. The molecular weight excluding hydrogens is 162 g/mol. The van der Waals surface area contributed by atoms with Gasteiger partial charge in [0.2, 0.25) is 0 Å². The van der Waals surface area contributed by atoms with Crippen molar-refractivity contribution in [2.24, 2.45) is 5.41 Å². The average molecular weight is 185 g/mol. The molecule has 1 rings (SSSR count). The molecule has 1 fully saturated rings. The predicted octanol–water partition coefficient (Wildman–Crippen LogP) is 1.93. The Kier molecular flexibility index (Phi) is 3.36. The third-order valence-electron chi connectivity index (χ3n) is 3.12. The zero-order valence-corrected chi connectivity index (χ0v) is 9.19. The van der Waals surface area contributed by atoms with Crippen molar-refractivity contribution in [3.63, 3.8) is 0 Å². The second kappa shape index (κ2) is 3.97. The molecule has 2 N–H and O–H groups in total. The lowest BCUT2D eigenvalue weighted by Gasteiger charge is -2.40. The van der Waals surface area contributed by atoms with Crippen molar-refractivity contribution in [3.8, 4) is 0 Å². The average Bonchev–Trinajstić information content (AvgIpc) is 2.03. The van der Waals surface area contributed by atoms with E-state index in [2.05, 4.69) is 12.2 Å². The minimum absolute atomic E-state index is 0.344. The zero-order valence-electron chi connectivity index (χ0n) is 9.19. The van der Waals surface area contributed by atoms with Gasteiger partial charge in [0.1, 0.15) is 0 Å². The summed E-state index contributed by atoms with van der Waals surface area (Å²) < 4.78 is 0. The van der Waals surface area contributed by atoms with E-state index in [0.29, 0.717) is 5.41 Å². The molecule has 0 spiro atoms. The number of aliphatic hydroxyl groups is 1. The van der Waals surface area contributed by atoms with Crippen molar-refractivity contribution in [2.45, 2.75) is 52.1 Å². The summed E-state index contributed by atoms with van der Waals surface area (Å²) in [5, 5.41) is 13.3. The summed E-state index contributed by atoms with van der Waals surface area (Å²) in [6.07, 6.45) is 4.61. The van der Waals surface area contributed by atoms with Crippen LogP contribution in [0.4, 0.5) is 0 Å². The van der Waals surface area contributed by atoms with Gasteiger partial charge in [-0.05, 0) is 51.5 Å². The Morgan fingerprint density at radius 2 is 2.15 bits per heavy atom. The molecule has 2 nitrogen and oxygen atoms in total. The molecular formula is C11H23NO. The maximum atomic E-state index is 9.84. The smallest absolute Gasteiger partial charge is 0.0597 e. The normalized spacial score (nSPS) is 30.5. The van der Waals surface area contributed by atoms with Crippen molar-refractivity contribution in [3.05, 3.63) is 0 Å². The Bertz CT molecular complexity index is 154. The number of nitrogens with one attached hydrogen (secondary N) is 1. The number of rotatable bonds is 3. The highest BCUT2D eigenvalue weighted by Crippen LogP contribution is 2.37. The maximum Gasteiger partial charge on any atom is 0.0597 e. The van der Waals surface area contributed by atoms with Gasteiger partial charge in [0, 0.05) is 6.54 Å². The highest BCUT2D eigenvalue weighted by atomic mass is 16.3. The predicted molar refractivity (Wildman–Crippen MR) is 55.7 cm³/mol. The van der Waals surface area contributed by atoms with Crippen molar-refractivity contribution in [1.82, 2.24) is 5.32 Å². The third-order valence-corrected chi connectivity index (χ3v) is 3.12. The van der Waals surface area contributed by atoms with Gasteiger partial charge in [-0.3, -0.25) is 0 Å².